The predicted octanol–water partition coefficient (Wildman–Crippen LogP) is 4.20. The van der Waals surface area contributed by atoms with Crippen LogP contribution < -0.4 is 4.90 Å². The number of aromatic nitrogens is 3. The highest BCUT2D eigenvalue weighted by atomic mass is 19.1. The highest BCUT2D eigenvalue weighted by Crippen LogP contribution is 2.32. The minimum Gasteiger partial charge on any atom is -0.355 e. The van der Waals surface area contributed by atoms with Crippen LogP contribution in [0.3, 0.4) is 0 Å². The standard InChI is InChI=1S/C18H18F2N4/c1-11-21-15-10-14(16-12(19)6-5-7-13(16)20)23-17(15)18(22-11)24-8-3-2-4-9-24/h5-7,10,23H,2-4,8-9H2,1H3. The van der Waals surface area contributed by atoms with E-state index in [1.807, 2.05) is 6.92 Å². The molecular formula is C18H18F2N4. The zero-order valence-electron chi connectivity index (χ0n) is 13.4. The smallest absolute Gasteiger partial charge is 0.156 e. The molecule has 0 atom stereocenters. The summed E-state index contributed by atoms with van der Waals surface area (Å²) in [6.07, 6.45) is 3.47. The number of H-pyrrole nitrogens is 1. The summed E-state index contributed by atoms with van der Waals surface area (Å²) in [5.74, 6) is 0.291. The van der Waals surface area contributed by atoms with Gasteiger partial charge < -0.3 is 9.88 Å². The van der Waals surface area contributed by atoms with Crippen molar-refractivity contribution in [2.75, 3.05) is 18.0 Å². The normalized spacial score (nSPS) is 15.2. The minimum absolute atomic E-state index is 0.0576. The molecule has 1 N–H and O–H groups in total. The van der Waals surface area contributed by atoms with Crippen molar-refractivity contribution < 1.29 is 8.78 Å². The second-order valence-electron chi connectivity index (χ2n) is 6.18. The van der Waals surface area contributed by atoms with Gasteiger partial charge in [-0.05, 0) is 44.4 Å². The van der Waals surface area contributed by atoms with Crippen molar-refractivity contribution >= 4 is 16.9 Å². The van der Waals surface area contributed by atoms with Crippen LogP contribution in [-0.2, 0) is 0 Å². The fourth-order valence-corrected chi connectivity index (χ4v) is 3.34. The summed E-state index contributed by atoms with van der Waals surface area (Å²) in [6, 6.07) is 5.57. The molecule has 0 amide bonds. The van der Waals surface area contributed by atoms with Crippen LogP contribution in [0.15, 0.2) is 24.3 Å². The van der Waals surface area contributed by atoms with E-state index in [4.69, 9.17) is 0 Å². The maximum atomic E-state index is 14.1. The molecule has 0 bridgehead atoms. The molecule has 6 heteroatoms. The van der Waals surface area contributed by atoms with Crippen LogP contribution in [0.1, 0.15) is 25.1 Å². The lowest BCUT2D eigenvalue weighted by molar-refractivity contribution is 0.574. The Bertz CT molecular complexity index is 877. The molecule has 1 saturated heterocycles. The van der Waals surface area contributed by atoms with Gasteiger partial charge in [0.2, 0.25) is 0 Å². The van der Waals surface area contributed by atoms with Gasteiger partial charge in [-0.2, -0.15) is 0 Å². The number of fused-ring (bicyclic) bond motifs is 1. The zero-order chi connectivity index (χ0) is 16.7. The van der Waals surface area contributed by atoms with Gasteiger partial charge in [-0.15, -0.1) is 0 Å². The Morgan fingerprint density at radius 1 is 1.04 bits per heavy atom. The number of benzene rings is 1. The fourth-order valence-electron chi connectivity index (χ4n) is 3.34. The van der Waals surface area contributed by atoms with Crippen LogP contribution in [0, 0.1) is 18.6 Å². The summed E-state index contributed by atoms with van der Waals surface area (Å²) in [5.41, 5.74) is 1.75. The van der Waals surface area contributed by atoms with Gasteiger partial charge in [0.1, 0.15) is 23.0 Å². The van der Waals surface area contributed by atoms with Gasteiger partial charge in [0.25, 0.3) is 0 Å². The maximum absolute atomic E-state index is 14.1. The first-order chi connectivity index (χ1) is 11.6. The van der Waals surface area contributed by atoms with Crippen LogP contribution in [0.5, 0.6) is 0 Å². The Morgan fingerprint density at radius 3 is 2.46 bits per heavy atom. The zero-order valence-corrected chi connectivity index (χ0v) is 13.4. The number of aryl methyl sites for hydroxylation is 1. The second-order valence-corrected chi connectivity index (χ2v) is 6.18. The summed E-state index contributed by atoms with van der Waals surface area (Å²) in [4.78, 5) is 14.4. The van der Waals surface area contributed by atoms with Gasteiger partial charge in [0.05, 0.1) is 16.8 Å². The lowest BCUT2D eigenvalue weighted by Gasteiger charge is -2.28. The van der Waals surface area contributed by atoms with E-state index in [1.54, 1.807) is 6.07 Å². The van der Waals surface area contributed by atoms with Gasteiger partial charge in [-0.3, -0.25) is 0 Å². The molecule has 3 aromatic rings. The lowest BCUT2D eigenvalue weighted by Crippen LogP contribution is -2.30. The van der Waals surface area contributed by atoms with Crippen molar-refractivity contribution in [3.8, 4) is 11.3 Å². The molecule has 1 aliphatic heterocycles. The molecule has 4 rings (SSSR count). The third-order valence-electron chi connectivity index (χ3n) is 4.46. The number of piperidine rings is 1. The summed E-state index contributed by atoms with van der Waals surface area (Å²) >= 11 is 0. The van der Waals surface area contributed by atoms with Crippen molar-refractivity contribution in [1.29, 1.82) is 0 Å². The summed E-state index contributed by atoms with van der Waals surface area (Å²) < 4.78 is 28.2. The van der Waals surface area contributed by atoms with Gasteiger partial charge in [-0.25, -0.2) is 18.7 Å². The first kappa shape index (κ1) is 15.1. The van der Waals surface area contributed by atoms with E-state index in [9.17, 15) is 8.78 Å². The van der Waals surface area contributed by atoms with E-state index < -0.39 is 11.6 Å². The number of hydrogen-bond donors (Lipinski definition) is 1. The molecular weight excluding hydrogens is 310 g/mol. The molecule has 0 aliphatic carbocycles. The molecule has 1 fully saturated rings. The lowest BCUT2D eigenvalue weighted by atomic mass is 10.1. The molecule has 0 spiro atoms. The summed E-state index contributed by atoms with van der Waals surface area (Å²) in [6.45, 7) is 3.71. The van der Waals surface area contributed by atoms with Gasteiger partial charge in [-0.1, -0.05) is 6.07 Å². The van der Waals surface area contributed by atoms with E-state index >= 15 is 0 Å². The maximum Gasteiger partial charge on any atom is 0.156 e. The molecule has 0 radical (unpaired) electrons. The van der Waals surface area contributed by atoms with Gasteiger partial charge in [0.15, 0.2) is 5.82 Å². The van der Waals surface area contributed by atoms with Crippen molar-refractivity contribution in [1.82, 2.24) is 15.0 Å². The monoisotopic (exact) mass is 328 g/mol. The van der Waals surface area contributed by atoms with Crippen molar-refractivity contribution in [2.24, 2.45) is 0 Å². The molecule has 124 valence electrons. The average molecular weight is 328 g/mol. The summed E-state index contributed by atoms with van der Waals surface area (Å²) in [5, 5.41) is 0. The Labute approximate surface area is 138 Å². The third kappa shape index (κ3) is 2.52. The fraction of sp³-hybridized carbons (Fsp3) is 0.333. The molecule has 0 saturated carbocycles. The Kier molecular flexibility index (Phi) is 3.67. The Morgan fingerprint density at radius 2 is 1.75 bits per heavy atom. The van der Waals surface area contributed by atoms with E-state index in [2.05, 4.69) is 19.9 Å². The molecule has 4 nitrogen and oxygen atoms in total. The minimum atomic E-state index is -0.592. The number of nitrogens with one attached hydrogen (secondary N) is 1. The number of hydrogen-bond acceptors (Lipinski definition) is 3. The van der Waals surface area contributed by atoms with E-state index in [0.717, 1.165) is 37.3 Å². The van der Waals surface area contributed by atoms with E-state index in [0.29, 0.717) is 17.0 Å². The number of aromatic amines is 1. The van der Waals surface area contributed by atoms with Gasteiger partial charge in [0, 0.05) is 13.1 Å². The SMILES string of the molecule is Cc1nc(N2CCCCC2)c2[nH]c(-c3c(F)cccc3F)cc2n1. The number of rotatable bonds is 2. The van der Waals surface area contributed by atoms with Crippen molar-refractivity contribution in [3.63, 3.8) is 0 Å². The molecule has 3 heterocycles. The Balaban J connectivity index is 1.89. The van der Waals surface area contributed by atoms with Crippen LogP contribution in [0.2, 0.25) is 0 Å². The van der Waals surface area contributed by atoms with Crippen molar-refractivity contribution in [2.45, 2.75) is 26.2 Å². The molecule has 24 heavy (non-hydrogen) atoms. The van der Waals surface area contributed by atoms with E-state index in [-0.39, 0.29) is 5.56 Å². The quantitative estimate of drug-likeness (QED) is 0.767. The molecule has 2 aromatic heterocycles. The molecule has 0 unspecified atom stereocenters. The van der Waals surface area contributed by atoms with E-state index in [1.165, 1.54) is 24.6 Å². The highest BCUT2D eigenvalue weighted by Gasteiger charge is 2.20. The number of nitrogens with zero attached hydrogens (tertiary/aromatic N) is 3. The first-order valence-electron chi connectivity index (χ1n) is 8.20. The van der Waals surface area contributed by atoms with Crippen LogP contribution >= 0.6 is 0 Å². The number of halogens is 2. The van der Waals surface area contributed by atoms with Crippen molar-refractivity contribution in [3.05, 3.63) is 41.7 Å². The molecule has 1 aliphatic rings. The van der Waals surface area contributed by atoms with Crippen LogP contribution in [-0.4, -0.2) is 28.0 Å². The second kappa shape index (κ2) is 5.85. The first-order valence-corrected chi connectivity index (χ1v) is 8.20. The number of anilines is 1. The topological polar surface area (TPSA) is 44.8 Å². The summed E-state index contributed by atoms with van der Waals surface area (Å²) in [7, 11) is 0. The van der Waals surface area contributed by atoms with Crippen LogP contribution in [0.25, 0.3) is 22.3 Å². The highest BCUT2D eigenvalue weighted by molar-refractivity contribution is 5.91. The van der Waals surface area contributed by atoms with Gasteiger partial charge >= 0.3 is 0 Å². The molecule has 1 aromatic carbocycles. The van der Waals surface area contributed by atoms with Crippen LogP contribution in [0.4, 0.5) is 14.6 Å². The average Bonchev–Trinajstić information content (AvgIpc) is 2.98. The largest absolute Gasteiger partial charge is 0.355 e. The Hall–Kier alpha value is -2.50. The predicted molar refractivity (Wildman–Crippen MR) is 90.0 cm³/mol. The third-order valence-corrected chi connectivity index (χ3v) is 4.46.